The lowest BCUT2D eigenvalue weighted by molar-refractivity contribution is -0.139. The third kappa shape index (κ3) is 5.80. The second kappa shape index (κ2) is 10.6. The minimum absolute atomic E-state index is 0.280. The van der Waals surface area contributed by atoms with Gasteiger partial charge in [0.15, 0.2) is 0 Å². The smallest absolute Gasteiger partial charge is 0.338 e. The van der Waals surface area contributed by atoms with Gasteiger partial charge in [-0.3, -0.25) is 9.80 Å². The molecule has 174 valence electrons. The lowest BCUT2D eigenvalue weighted by Crippen LogP contribution is -2.51. The summed E-state index contributed by atoms with van der Waals surface area (Å²) in [6.45, 7) is 9.12. The number of hydrogen-bond acceptors (Lipinski definition) is 5. The highest BCUT2D eigenvalue weighted by molar-refractivity contribution is 5.95. The van der Waals surface area contributed by atoms with Crippen LogP contribution < -0.4 is 10.6 Å². The lowest BCUT2D eigenvalue weighted by Gasteiger charge is -2.37. The van der Waals surface area contributed by atoms with E-state index >= 15 is 0 Å². The number of carbonyl (C=O) groups excluding carboxylic acids is 2. The summed E-state index contributed by atoms with van der Waals surface area (Å²) in [5.74, 6) is -0.395. The topological polar surface area (TPSA) is 73.9 Å². The molecule has 7 nitrogen and oxygen atoms in total. The first-order chi connectivity index (χ1) is 16.0. The molecule has 1 fully saturated rings. The Morgan fingerprint density at radius 1 is 0.970 bits per heavy atom. The number of ether oxygens (including phenoxy) is 1. The van der Waals surface area contributed by atoms with Crippen LogP contribution in [0.5, 0.6) is 0 Å². The van der Waals surface area contributed by atoms with Crippen LogP contribution in [0.15, 0.2) is 65.9 Å². The second-order valence-corrected chi connectivity index (χ2v) is 8.59. The molecule has 0 aliphatic carbocycles. The first-order valence-corrected chi connectivity index (χ1v) is 11.6. The van der Waals surface area contributed by atoms with Crippen molar-refractivity contribution in [3.8, 4) is 0 Å². The zero-order valence-corrected chi connectivity index (χ0v) is 19.3. The van der Waals surface area contributed by atoms with Crippen molar-refractivity contribution in [3.05, 3.63) is 82.6 Å². The SMILES string of the molecule is CCOC(=O)C1=C(CN2CCN(Cc3ccccc3)CC2)NC(=O)N[C@H]1c1ccc(C)cc1. The maximum atomic E-state index is 13.0. The number of carbonyl (C=O) groups is 2. The van der Waals surface area contributed by atoms with E-state index in [-0.39, 0.29) is 12.6 Å². The first-order valence-electron chi connectivity index (χ1n) is 11.6. The molecule has 33 heavy (non-hydrogen) atoms. The number of amides is 2. The third-order valence-corrected chi connectivity index (χ3v) is 6.16. The van der Waals surface area contributed by atoms with Crippen LogP contribution in [0.4, 0.5) is 4.79 Å². The highest BCUT2D eigenvalue weighted by Crippen LogP contribution is 2.28. The summed E-state index contributed by atoms with van der Waals surface area (Å²) in [5, 5.41) is 5.80. The molecule has 1 saturated heterocycles. The highest BCUT2D eigenvalue weighted by Gasteiger charge is 2.34. The van der Waals surface area contributed by atoms with Crippen LogP contribution in [-0.4, -0.2) is 61.1 Å². The van der Waals surface area contributed by atoms with Crippen molar-refractivity contribution in [1.29, 1.82) is 0 Å². The number of rotatable bonds is 7. The molecular weight excluding hydrogens is 416 g/mol. The summed E-state index contributed by atoms with van der Waals surface area (Å²) >= 11 is 0. The zero-order valence-electron chi connectivity index (χ0n) is 19.3. The average molecular weight is 449 g/mol. The zero-order chi connectivity index (χ0) is 23.2. The molecule has 0 saturated carbocycles. The van der Waals surface area contributed by atoms with Crippen LogP contribution in [0.25, 0.3) is 0 Å². The first kappa shape index (κ1) is 23.0. The summed E-state index contributed by atoms with van der Waals surface area (Å²) < 4.78 is 5.38. The number of hydrogen-bond donors (Lipinski definition) is 2. The molecule has 7 heteroatoms. The Hall–Kier alpha value is -3.16. The molecule has 2 heterocycles. The van der Waals surface area contributed by atoms with Crippen molar-refractivity contribution >= 4 is 12.0 Å². The van der Waals surface area contributed by atoms with Crippen LogP contribution in [0.1, 0.15) is 29.7 Å². The van der Waals surface area contributed by atoms with E-state index in [0.717, 1.165) is 43.9 Å². The van der Waals surface area contributed by atoms with Gasteiger partial charge in [0.25, 0.3) is 0 Å². The Balaban J connectivity index is 1.50. The second-order valence-electron chi connectivity index (χ2n) is 8.59. The van der Waals surface area contributed by atoms with Crippen molar-refractivity contribution in [2.24, 2.45) is 0 Å². The predicted octanol–water partition coefficient (Wildman–Crippen LogP) is 2.98. The summed E-state index contributed by atoms with van der Waals surface area (Å²) in [7, 11) is 0. The van der Waals surface area contributed by atoms with E-state index < -0.39 is 12.0 Å². The van der Waals surface area contributed by atoms with Gasteiger partial charge in [0, 0.05) is 45.0 Å². The molecule has 1 atom stereocenters. The van der Waals surface area contributed by atoms with Crippen molar-refractivity contribution < 1.29 is 14.3 Å². The minimum atomic E-state index is -0.534. The molecule has 2 amide bonds. The van der Waals surface area contributed by atoms with E-state index in [0.29, 0.717) is 17.8 Å². The van der Waals surface area contributed by atoms with E-state index in [1.165, 1.54) is 5.56 Å². The van der Waals surface area contributed by atoms with E-state index in [1.807, 2.05) is 37.3 Å². The van der Waals surface area contributed by atoms with Gasteiger partial charge in [0.2, 0.25) is 0 Å². The Kier molecular flexibility index (Phi) is 7.42. The largest absolute Gasteiger partial charge is 0.463 e. The lowest BCUT2D eigenvalue weighted by atomic mass is 9.94. The number of aryl methyl sites for hydroxylation is 1. The molecule has 0 unspecified atom stereocenters. The maximum Gasteiger partial charge on any atom is 0.338 e. The summed E-state index contributed by atoms with van der Waals surface area (Å²) in [6, 6.07) is 17.5. The standard InChI is InChI=1S/C26H32N4O3/c1-3-33-25(31)23-22(27-26(32)28-24(23)21-11-9-19(2)10-12-21)18-30-15-13-29(14-16-30)17-20-7-5-4-6-8-20/h4-12,24H,3,13-18H2,1-2H3,(H2,27,28,32)/t24-/m0/s1. The van der Waals surface area contributed by atoms with Gasteiger partial charge in [0.1, 0.15) is 0 Å². The van der Waals surface area contributed by atoms with Crippen LogP contribution in [-0.2, 0) is 16.1 Å². The highest BCUT2D eigenvalue weighted by atomic mass is 16.5. The molecule has 4 rings (SSSR count). The Bertz CT molecular complexity index is 996. The molecule has 0 radical (unpaired) electrons. The molecule has 2 aliphatic heterocycles. The molecule has 0 aromatic heterocycles. The van der Waals surface area contributed by atoms with E-state index in [2.05, 4.69) is 44.7 Å². The molecule has 0 spiro atoms. The van der Waals surface area contributed by atoms with E-state index in [4.69, 9.17) is 4.74 Å². The third-order valence-electron chi connectivity index (χ3n) is 6.16. The van der Waals surface area contributed by atoms with Crippen LogP contribution in [0.2, 0.25) is 0 Å². The van der Waals surface area contributed by atoms with Gasteiger partial charge < -0.3 is 15.4 Å². The molecular formula is C26H32N4O3. The van der Waals surface area contributed by atoms with Gasteiger partial charge in [-0.2, -0.15) is 0 Å². The average Bonchev–Trinajstić information content (AvgIpc) is 2.81. The van der Waals surface area contributed by atoms with Crippen LogP contribution in [0, 0.1) is 6.92 Å². The van der Waals surface area contributed by atoms with Gasteiger partial charge in [0.05, 0.1) is 18.2 Å². The Labute approximate surface area is 195 Å². The van der Waals surface area contributed by atoms with E-state index in [1.54, 1.807) is 6.92 Å². The summed E-state index contributed by atoms with van der Waals surface area (Å²) in [5.41, 5.74) is 4.40. The summed E-state index contributed by atoms with van der Waals surface area (Å²) in [4.78, 5) is 30.2. The minimum Gasteiger partial charge on any atom is -0.463 e. The fourth-order valence-electron chi connectivity index (χ4n) is 4.37. The van der Waals surface area contributed by atoms with Crippen molar-refractivity contribution in [1.82, 2.24) is 20.4 Å². The van der Waals surface area contributed by atoms with Gasteiger partial charge >= 0.3 is 12.0 Å². The van der Waals surface area contributed by atoms with Crippen molar-refractivity contribution in [2.75, 3.05) is 39.3 Å². The monoisotopic (exact) mass is 448 g/mol. The number of esters is 1. The number of nitrogens with zero attached hydrogens (tertiary/aromatic N) is 2. The van der Waals surface area contributed by atoms with Gasteiger partial charge in [-0.1, -0.05) is 60.2 Å². The Morgan fingerprint density at radius 3 is 2.24 bits per heavy atom. The van der Waals surface area contributed by atoms with Crippen molar-refractivity contribution in [2.45, 2.75) is 26.4 Å². The number of urea groups is 1. The summed E-state index contributed by atoms with van der Waals surface area (Å²) in [6.07, 6.45) is 0. The maximum absolute atomic E-state index is 13.0. The number of piperazine rings is 1. The quantitative estimate of drug-likeness (QED) is 0.637. The van der Waals surface area contributed by atoms with Crippen molar-refractivity contribution in [3.63, 3.8) is 0 Å². The van der Waals surface area contributed by atoms with Gasteiger partial charge in [-0.05, 0) is 25.0 Å². The molecule has 2 aromatic rings. The normalized spacial score (nSPS) is 19.7. The fourth-order valence-corrected chi connectivity index (χ4v) is 4.37. The van der Waals surface area contributed by atoms with Gasteiger partial charge in [-0.25, -0.2) is 9.59 Å². The molecule has 2 aliphatic rings. The number of benzene rings is 2. The molecule has 2 aromatic carbocycles. The van der Waals surface area contributed by atoms with E-state index in [9.17, 15) is 9.59 Å². The predicted molar refractivity (Wildman–Crippen MR) is 127 cm³/mol. The fraction of sp³-hybridized carbons (Fsp3) is 0.385. The Morgan fingerprint density at radius 2 is 1.61 bits per heavy atom. The van der Waals surface area contributed by atoms with Crippen LogP contribution in [0.3, 0.4) is 0 Å². The molecule has 0 bridgehead atoms. The molecule has 2 N–H and O–H groups in total. The van der Waals surface area contributed by atoms with Crippen LogP contribution >= 0.6 is 0 Å². The number of nitrogens with one attached hydrogen (secondary N) is 2. The van der Waals surface area contributed by atoms with Gasteiger partial charge in [-0.15, -0.1) is 0 Å².